The van der Waals surface area contributed by atoms with Gasteiger partial charge in [-0.25, -0.2) is 4.99 Å². The SMILES string of the molecule is CCCCNC(=O)C1c2cc(O)ccc2N=C(CCC(N)=O)N1Cc1ccccc1. The van der Waals surface area contributed by atoms with Crippen LogP contribution in [0.15, 0.2) is 53.5 Å². The van der Waals surface area contributed by atoms with Crippen LogP contribution in [0.4, 0.5) is 5.69 Å². The number of fused-ring (bicyclic) bond motifs is 1. The van der Waals surface area contributed by atoms with Crippen LogP contribution < -0.4 is 11.1 Å². The van der Waals surface area contributed by atoms with Crippen LogP contribution in [0.5, 0.6) is 5.75 Å². The molecule has 0 saturated heterocycles. The van der Waals surface area contributed by atoms with Gasteiger partial charge in [-0.05, 0) is 30.2 Å². The van der Waals surface area contributed by atoms with E-state index in [1.54, 1.807) is 18.2 Å². The summed E-state index contributed by atoms with van der Waals surface area (Å²) in [5, 5.41) is 13.1. The van der Waals surface area contributed by atoms with Crippen LogP contribution in [0.2, 0.25) is 0 Å². The van der Waals surface area contributed by atoms with E-state index in [1.807, 2.05) is 35.2 Å². The first-order valence-corrected chi connectivity index (χ1v) is 10.3. The van der Waals surface area contributed by atoms with Crippen molar-refractivity contribution in [3.05, 3.63) is 59.7 Å². The number of amidine groups is 1. The van der Waals surface area contributed by atoms with E-state index in [0.29, 0.717) is 36.6 Å². The molecule has 3 rings (SSSR count). The van der Waals surface area contributed by atoms with Gasteiger partial charge < -0.3 is 21.1 Å². The number of phenols is 1. The molecule has 1 aliphatic rings. The summed E-state index contributed by atoms with van der Waals surface area (Å²) >= 11 is 0. The molecule has 0 aliphatic carbocycles. The third-order valence-corrected chi connectivity index (χ3v) is 5.07. The van der Waals surface area contributed by atoms with Crippen LogP contribution in [-0.2, 0) is 16.1 Å². The van der Waals surface area contributed by atoms with Gasteiger partial charge in [0.15, 0.2) is 0 Å². The Hall–Kier alpha value is -3.35. The number of aliphatic imine (C=N–C) groups is 1. The topological polar surface area (TPSA) is 108 Å². The predicted octanol–water partition coefficient (Wildman–Crippen LogP) is 3.16. The maximum absolute atomic E-state index is 13.3. The molecule has 2 aromatic carbocycles. The number of benzene rings is 2. The Balaban J connectivity index is 2.02. The van der Waals surface area contributed by atoms with Crippen LogP contribution in [0.25, 0.3) is 0 Å². The lowest BCUT2D eigenvalue weighted by Crippen LogP contribution is -2.45. The predicted molar refractivity (Wildman–Crippen MR) is 116 cm³/mol. The van der Waals surface area contributed by atoms with E-state index in [4.69, 9.17) is 10.7 Å². The Bertz CT molecular complexity index is 927. The van der Waals surface area contributed by atoms with Gasteiger partial charge in [0.05, 0.1) is 5.69 Å². The summed E-state index contributed by atoms with van der Waals surface area (Å²) in [6.45, 7) is 3.09. The molecule has 0 radical (unpaired) electrons. The van der Waals surface area contributed by atoms with E-state index in [2.05, 4.69) is 12.2 Å². The van der Waals surface area contributed by atoms with Crippen molar-refractivity contribution in [2.24, 2.45) is 10.7 Å². The lowest BCUT2D eigenvalue weighted by atomic mass is 9.97. The van der Waals surface area contributed by atoms with E-state index in [1.165, 1.54) is 0 Å². The Morgan fingerprint density at radius 3 is 2.67 bits per heavy atom. The Morgan fingerprint density at radius 1 is 1.20 bits per heavy atom. The number of hydrogen-bond acceptors (Lipinski definition) is 5. The second-order valence-corrected chi connectivity index (χ2v) is 7.40. The number of carbonyl (C=O) groups is 2. The molecule has 1 unspecified atom stereocenters. The van der Waals surface area contributed by atoms with Gasteiger partial charge in [0.1, 0.15) is 17.6 Å². The number of amides is 2. The van der Waals surface area contributed by atoms with Gasteiger partial charge in [0.2, 0.25) is 11.8 Å². The van der Waals surface area contributed by atoms with E-state index < -0.39 is 11.9 Å². The summed E-state index contributed by atoms with van der Waals surface area (Å²) in [6.07, 6.45) is 2.33. The molecular formula is C23H28N4O3. The number of carbonyl (C=O) groups excluding carboxylic acids is 2. The summed E-state index contributed by atoms with van der Waals surface area (Å²) in [6, 6.07) is 13.9. The average molecular weight is 409 g/mol. The largest absolute Gasteiger partial charge is 0.508 e. The highest BCUT2D eigenvalue weighted by Crippen LogP contribution is 2.38. The fourth-order valence-electron chi connectivity index (χ4n) is 3.55. The molecule has 30 heavy (non-hydrogen) atoms. The van der Waals surface area contributed by atoms with Gasteiger partial charge in [0, 0.05) is 31.5 Å². The Morgan fingerprint density at radius 2 is 1.97 bits per heavy atom. The van der Waals surface area contributed by atoms with Crippen molar-refractivity contribution in [3.8, 4) is 5.75 Å². The number of rotatable bonds is 9. The summed E-state index contributed by atoms with van der Waals surface area (Å²) in [7, 11) is 0. The van der Waals surface area contributed by atoms with Crippen LogP contribution in [0, 0.1) is 0 Å². The lowest BCUT2D eigenvalue weighted by Gasteiger charge is -2.37. The molecule has 0 bridgehead atoms. The molecule has 0 fully saturated rings. The van der Waals surface area contributed by atoms with Crippen molar-refractivity contribution in [2.45, 2.75) is 45.2 Å². The van der Waals surface area contributed by atoms with Gasteiger partial charge >= 0.3 is 0 Å². The first kappa shape index (κ1) is 21.4. The smallest absolute Gasteiger partial charge is 0.247 e. The maximum atomic E-state index is 13.3. The number of nitrogens with two attached hydrogens (primary N) is 1. The van der Waals surface area contributed by atoms with Gasteiger partial charge in [-0.3, -0.25) is 9.59 Å². The van der Waals surface area contributed by atoms with Gasteiger partial charge in [0.25, 0.3) is 0 Å². The fraction of sp³-hybridized carbons (Fsp3) is 0.348. The summed E-state index contributed by atoms with van der Waals surface area (Å²) in [4.78, 5) is 31.3. The minimum Gasteiger partial charge on any atom is -0.508 e. The highest BCUT2D eigenvalue weighted by molar-refractivity contribution is 5.97. The molecule has 158 valence electrons. The van der Waals surface area contributed by atoms with Crippen molar-refractivity contribution in [3.63, 3.8) is 0 Å². The van der Waals surface area contributed by atoms with E-state index in [0.717, 1.165) is 18.4 Å². The Labute approximate surface area is 176 Å². The van der Waals surface area contributed by atoms with E-state index in [9.17, 15) is 14.7 Å². The molecule has 1 heterocycles. The average Bonchev–Trinajstić information content (AvgIpc) is 2.73. The molecule has 2 aromatic rings. The molecule has 7 heteroatoms. The zero-order chi connectivity index (χ0) is 21.5. The highest BCUT2D eigenvalue weighted by Gasteiger charge is 2.35. The zero-order valence-corrected chi connectivity index (χ0v) is 17.2. The van der Waals surface area contributed by atoms with E-state index in [-0.39, 0.29) is 18.1 Å². The van der Waals surface area contributed by atoms with Crippen molar-refractivity contribution in [2.75, 3.05) is 6.54 Å². The van der Waals surface area contributed by atoms with E-state index >= 15 is 0 Å². The molecule has 7 nitrogen and oxygen atoms in total. The van der Waals surface area contributed by atoms with Gasteiger partial charge in [-0.1, -0.05) is 43.7 Å². The molecule has 4 N–H and O–H groups in total. The molecule has 1 atom stereocenters. The van der Waals surface area contributed by atoms with Crippen molar-refractivity contribution < 1.29 is 14.7 Å². The highest BCUT2D eigenvalue weighted by atomic mass is 16.3. The van der Waals surface area contributed by atoms with Crippen molar-refractivity contribution in [1.29, 1.82) is 0 Å². The minimum atomic E-state index is -0.662. The summed E-state index contributed by atoms with van der Waals surface area (Å²) in [5.74, 6) is 0.137. The molecule has 0 aromatic heterocycles. The second kappa shape index (κ2) is 9.91. The van der Waals surface area contributed by atoms with Crippen LogP contribution in [0.1, 0.15) is 49.8 Å². The standard InChI is InChI=1S/C23H28N4O3/c1-2-3-13-25-23(30)22-18-14-17(28)9-10-19(18)26-21(12-11-20(24)29)27(22)15-16-7-5-4-6-8-16/h4-10,14,22,28H,2-3,11-13,15H2,1H3,(H2,24,29)(H,25,30). The quantitative estimate of drug-likeness (QED) is 0.554. The monoisotopic (exact) mass is 408 g/mol. The number of primary amides is 1. The number of hydrogen-bond donors (Lipinski definition) is 3. The fourth-order valence-corrected chi connectivity index (χ4v) is 3.55. The zero-order valence-electron chi connectivity index (χ0n) is 17.2. The number of aromatic hydroxyl groups is 1. The molecule has 0 saturated carbocycles. The third kappa shape index (κ3) is 5.17. The lowest BCUT2D eigenvalue weighted by molar-refractivity contribution is -0.125. The van der Waals surface area contributed by atoms with Crippen LogP contribution >= 0.6 is 0 Å². The summed E-state index contributed by atoms with van der Waals surface area (Å²) in [5.41, 5.74) is 7.65. The molecular weight excluding hydrogens is 380 g/mol. The number of nitrogens with one attached hydrogen (secondary N) is 1. The molecule has 2 amide bonds. The normalized spacial score (nSPS) is 15.3. The number of unbranched alkanes of at least 4 members (excludes halogenated alkanes) is 1. The third-order valence-electron chi connectivity index (χ3n) is 5.07. The number of nitrogens with zero attached hydrogens (tertiary/aromatic N) is 2. The Kier molecular flexibility index (Phi) is 7.06. The maximum Gasteiger partial charge on any atom is 0.247 e. The first-order chi connectivity index (χ1) is 14.5. The van der Waals surface area contributed by atoms with Crippen LogP contribution in [0.3, 0.4) is 0 Å². The van der Waals surface area contributed by atoms with Crippen molar-refractivity contribution in [1.82, 2.24) is 10.2 Å². The van der Waals surface area contributed by atoms with Gasteiger partial charge in [-0.2, -0.15) is 0 Å². The second-order valence-electron chi connectivity index (χ2n) is 7.40. The molecule has 1 aliphatic heterocycles. The minimum absolute atomic E-state index is 0.0792. The van der Waals surface area contributed by atoms with Crippen molar-refractivity contribution >= 4 is 23.3 Å². The van der Waals surface area contributed by atoms with Gasteiger partial charge in [-0.15, -0.1) is 0 Å². The molecule has 0 spiro atoms. The van der Waals surface area contributed by atoms with Crippen LogP contribution in [-0.4, -0.2) is 34.2 Å². The summed E-state index contributed by atoms with van der Waals surface area (Å²) < 4.78 is 0. The first-order valence-electron chi connectivity index (χ1n) is 10.3. The number of phenolic OH excluding ortho intramolecular Hbond substituents is 1.